The molecule has 0 aliphatic carbocycles. The van der Waals surface area contributed by atoms with E-state index in [1.54, 1.807) is 18.9 Å². The monoisotopic (exact) mass is 183 g/mol. The van der Waals surface area contributed by atoms with Gasteiger partial charge in [-0.1, -0.05) is 32.6 Å². The van der Waals surface area contributed by atoms with Gasteiger partial charge in [0.15, 0.2) is 0 Å². The molecule has 0 saturated carbocycles. The molecule has 76 valence electrons. The van der Waals surface area contributed by atoms with E-state index in [-0.39, 0.29) is 5.91 Å². The Kier molecular flexibility index (Phi) is 10.1. The van der Waals surface area contributed by atoms with Crippen molar-refractivity contribution in [1.82, 2.24) is 4.90 Å². The summed E-state index contributed by atoms with van der Waals surface area (Å²) in [5, 5.41) is 0. The second-order valence-electron chi connectivity index (χ2n) is 2.53. The second-order valence-corrected chi connectivity index (χ2v) is 2.53. The molecule has 0 rings (SSSR count). The number of carbonyl (C=O) groups is 1. The van der Waals surface area contributed by atoms with Gasteiger partial charge in [0.2, 0.25) is 5.91 Å². The van der Waals surface area contributed by atoms with Crippen molar-refractivity contribution in [3.8, 4) is 0 Å². The van der Waals surface area contributed by atoms with E-state index in [1.165, 1.54) is 0 Å². The zero-order valence-electron chi connectivity index (χ0n) is 9.42. The van der Waals surface area contributed by atoms with E-state index in [2.05, 4.69) is 6.58 Å². The summed E-state index contributed by atoms with van der Waals surface area (Å²) in [6.45, 7) is 11.9. The first-order valence-corrected chi connectivity index (χ1v) is 4.60. The molecule has 2 heteroatoms. The Bertz CT molecular complexity index is 183. The van der Waals surface area contributed by atoms with Crippen molar-refractivity contribution in [1.29, 1.82) is 0 Å². The summed E-state index contributed by atoms with van der Waals surface area (Å²) in [5.74, 6) is 0.0654. The van der Waals surface area contributed by atoms with E-state index in [4.69, 9.17) is 0 Å². The highest BCUT2D eigenvalue weighted by atomic mass is 16.2. The number of amides is 1. The van der Waals surface area contributed by atoms with Crippen LogP contribution < -0.4 is 0 Å². The van der Waals surface area contributed by atoms with E-state index in [0.29, 0.717) is 6.54 Å². The molecule has 0 aromatic heterocycles. The second kappa shape index (κ2) is 9.04. The van der Waals surface area contributed by atoms with E-state index in [1.807, 2.05) is 32.9 Å². The molecule has 13 heavy (non-hydrogen) atoms. The van der Waals surface area contributed by atoms with Crippen LogP contribution >= 0.6 is 0 Å². The van der Waals surface area contributed by atoms with Gasteiger partial charge in [-0.2, -0.15) is 0 Å². The van der Waals surface area contributed by atoms with Gasteiger partial charge >= 0.3 is 0 Å². The van der Waals surface area contributed by atoms with Crippen LogP contribution in [0.4, 0.5) is 0 Å². The molecule has 0 atom stereocenters. The highest BCUT2D eigenvalue weighted by molar-refractivity contribution is 5.73. The fraction of sp³-hybridized carbons (Fsp3) is 0.545. The van der Waals surface area contributed by atoms with Crippen molar-refractivity contribution < 1.29 is 4.79 Å². The molecule has 0 aromatic carbocycles. The molecule has 0 bridgehead atoms. The lowest BCUT2D eigenvalue weighted by molar-refractivity contribution is -0.127. The van der Waals surface area contributed by atoms with Crippen molar-refractivity contribution in [3.63, 3.8) is 0 Å². The highest BCUT2D eigenvalue weighted by Gasteiger charge is 2.00. The summed E-state index contributed by atoms with van der Waals surface area (Å²) in [6.07, 6.45) is 3.82. The predicted molar refractivity (Wildman–Crippen MR) is 58.6 cm³/mol. The molecular formula is C11H21NO. The molecule has 0 saturated heterocycles. The summed E-state index contributed by atoms with van der Waals surface area (Å²) in [6, 6.07) is 0. The van der Waals surface area contributed by atoms with Crippen LogP contribution in [0.25, 0.3) is 0 Å². The molecule has 2 nitrogen and oxygen atoms in total. The van der Waals surface area contributed by atoms with Gasteiger partial charge in [-0.25, -0.2) is 0 Å². The fourth-order valence-corrected chi connectivity index (χ4v) is 0.704. The van der Waals surface area contributed by atoms with Gasteiger partial charge in [-0.15, -0.1) is 0 Å². The quantitative estimate of drug-likeness (QED) is 0.616. The van der Waals surface area contributed by atoms with E-state index in [9.17, 15) is 4.79 Å². The van der Waals surface area contributed by atoms with Gasteiger partial charge in [-0.3, -0.25) is 4.79 Å². The van der Waals surface area contributed by atoms with Crippen LogP contribution in [0.2, 0.25) is 0 Å². The number of hydrogen-bond acceptors (Lipinski definition) is 1. The molecule has 0 spiro atoms. The SMILES string of the molecule is C=C(/C=C\C)CN(C)C(C)=O.CC. The standard InChI is InChI=1S/C9H15NO.C2H6/c1-5-6-8(2)7-10(4)9(3)11;1-2/h5-6H,2,7H2,1,3-4H3;1-2H3/b6-5-;. The molecule has 0 aromatic rings. The van der Waals surface area contributed by atoms with Gasteiger partial charge in [0.05, 0.1) is 0 Å². The number of rotatable bonds is 3. The molecule has 0 aliphatic rings. The van der Waals surface area contributed by atoms with Crippen molar-refractivity contribution in [2.45, 2.75) is 27.7 Å². The lowest BCUT2D eigenvalue weighted by atomic mass is 10.2. The first kappa shape index (κ1) is 14.5. The molecule has 0 N–H and O–H groups in total. The van der Waals surface area contributed by atoms with Crippen molar-refractivity contribution >= 4 is 5.91 Å². The number of allylic oxidation sites excluding steroid dienone is 1. The van der Waals surface area contributed by atoms with Gasteiger partial charge in [-0.05, 0) is 12.5 Å². The van der Waals surface area contributed by atoms with Crippen LogP contribution in [-0.4, -0.2) is 24.4 Å². The largest absolute Gasteiger partial charge is 0.342 e. The maximum absolute atomic E-state index is 10.7. The normalized spacial score (nSPS) is 9.00. The first-order chi connectivity index (χ1) is 6.07. The predicted octanol–water partition coefficient (Wildman–Crippen LogP) is 2.62. The Labute approximate surface area is 81.9 Å². The van der Waals surface area contributed by atoms with Crippen molar-refractivity contribution in [2.24, 2.45) is 0 Å². The van der Waals surface area contributed by atoms with Crippen molar-refractivity contribution in [2.75, 3.05) is 13.6 Å². The lowest BCUT2D eigenvalue weighted by Gasteiger charge is -2.14. The lowest BCUT2D eigenvalue weighted by Crippen LogP contribution is -2.25. The Hall–Kier alpha value is -1.05. The average molecular weight is 183 g/mol. The highest BCUT2D eigenvalue weighted by Crippen LogP contribution is 1.96. The molecule has 0 fully saturated rings. The smallest absolute Gasteiger partial charge is 0.219 e. The number of hydrogen-bond donors (Lipinski definition) is 0. The first-order valence-electron chi connectivity index (χ1n) is 4.60. The maximum Gasteiger partial charge on any atom is 0.219 e. The van der Waals surface area contributed by atoms with E-state index in [0.717, 1.165) is 5.57 Å². The Morgan fingerprint density at radius 1 is 1.46 bits per heavy atom. The van der Waals surface area contributed by atoms with Crippen LogP contribution in [0.5, 0.6) is 0 Å². The topological polar surface area (TPSA) is 20.3 Å². The van der Waals surface area contributed by atoms with Crippen LogP contribution in [-0.2, 0) is 4.79 Å². The number of nitrogens with zero attached hydrogens (tertiary/aromatic N) is 1. The Balaban J connectivity index is 0. The fourth-order valence-electron chi connectivity index (χ4n) is 0.704. The van der Waals surface area contributed by atoms with E-state index >= 15 is 0 Å². The van der Waals surface area contributed by atoms with Gasteiger partial charge in [0.1, 0.15) is 0 Å². The summed E-state index contributed by atoms with van der Waals surface area (Å²) < 4.78 is 0. The third-order valence-electron chi connectivity index (χ3n) is 1.38. The van der Waals surface area contributed by atoms with Gasteiger partial charge in [0.25, 0.3) is 0 Å². The minimum Gasteiger partial charge on any atom is -0.342 e. The van der Waals surface area contributed by atoms with Crippen LogP contribution in [0.3, 0.4) is 0 Å². The summed E-state index contributed by atoms with van der Waals surface area (Å²) in [4.78, 5) is 12.4. The average Bonchev–Trinajstić information content (AvgIpc) is 2.08. The zero-order chi connectivity index (χ0) is 10.9. The minimum atomic E-state index is 0.0654. The molecule has 0 unspecified atom stereocenters. The molecule has 0 heterocycles. The number of carbonyl (C=O) groups excluding carboxylic acids is 1. The Morgan fingerprint density at radius 2 is 1.92 bits per heavy atom. The maximum atomic E-state index is 10.7. The zero-order valence-corrected chi connectivity index (χ0v) is 9.42. The number of likely N-dealkylation sites (N-methyl/N-ethyl adjacent to an activating group) is 1. The van der Waals surface area contributed by atoms with Crippen LogP contribution in [0, 0.1) is 0 Å². The van der Waals surface area contributed by atoms with Crippen LogP contribution in [0.1, 0.15) is 27.7 Å². The van der Waals surface area contributed by atoms with Crippen LogP contribution in [0.15, 0.2) is 24.3 Å². The minimum absolute atomic E-state index is 0.0654. The van der Waals surface area contributed by atoms with Crippen molar-refractivity contribution in [3.05, 3.63) is 24.3 Å². The Morgan fingerprint density at radius 3 is 2.23 bits per heavy atom. The third-order valence-corrected chi connectivity index (χ3v) is 1.38. The summed E-state index contributed by atoms with van der Waals surface area (Å²) in [5.41, 5.74) is 0.949. The van der Waals surface area contributed by atoms with E-state index < -0.39 is 0 Å². The third kappa shape index (κ3) is 8.86. The molecule has 0 aliphatic heterocycles. The molecule has 0 radical (unpaired) electrons. The summed E-state index contributed by atoms with van der Waals surface area (Å²) in [7, 11) is 1.76. The van der Waals surface area contributed by atoms with Gasteiger partial charge < -0.3 is 4.90 Å². The molecule has 1 amide bonds. The summed E-state index contributed by atoms with van der Waals surface area (Å²) >= 11 is 0. The molecular weight excluding hydrogens is 162 g/mol. The van der Waals surface area contributed by atoms with Gasteiger partial charge in [0, 0.05) is 20.5 Å².